The molecule has 0 aromatic rings. The average molecular weight is 242 g/mol. The molecule has 0 aromatic carbocycles. The predicted molar refractivity (Wildman–Crippen MR) is 64.1 cm³/mol. The van der Waals surface area contributed by atoms with Crippen LogP contribution in [0.3, 0.4) is 0 Å². The molecule has 98 valence electrons. The summed E-state index contributed by atoms with van der Waals surface area (Å²) < 4.78 is 5.41. The first kappa shape index (κ1) is 12.8. The van der Waals surface area contributed by atoms with Gasteiger partial charge < -0.3 is 14.7 Å². The van der Waals surface area contributed by atoms with Gasteiger partial charge in [0.2, 0.25) is 0 Å². The van der Waals surface area contributed by atoms with E-state index in [0.29, 0.717) is 12.6 Å². The molecule has 2 atom stereocenters. The molecule has 2 aliphatic rings. The van der Waals surface area contributed by atoms with Gasteiger partial charge in [-0.1, -0.05) is 0 Å². The van der Waals surface area contributed by atoms with Crippen molar-refractivity contribution in [2.75, 3.05) is 39.9 Å². The number of likely N-dealkylation sites (N-methyl/N-ethyl adjacent to an activating group) is 1. The van der Waals surface area contributed by atoms with Gasteiger partial charge in [-0.3, -0.25) is 9.69 Å². The van der Waals surface area contributed by atoms with E-state index in [9.17, 15) is 4.79 Å². The zero-order chi connectivity index (χ0) is 12.3. The number of carbonyl (C=O) groups is 1. The fourth-order valence-corrected chi connectivity index (χ4v) is 2.94. The zero-order valence-electron chi connectivity index (χ0n) is 10.5. The molecule has 2 saturated heterocycles. The van der Waals surface area contributed by atoms with E-state index in [0.717, 1.165) is 26.2 Å². The topological polar surface area (TPSA) is 53.0 Å². The summed E-state index contributed by atoms with van der Waals surface area (Å²) in [5.41, 5.74) is 0. The van der Waals surface area contributed by atoms with Gasteiger partial charge in [0.05, 0.1) is 19.6 Å². The first-order valence-corrected chi connectivity index (χ1v) is 6.40. The zero-order valence-corrected chi connectivity index (χ0v) is 10.5. The molecule has 2 heterocycles. The van der Waals surface area contributed by atoms with Crippen molar-refractivity contribution in [3.05, 3.63) is 0 Å². The van der Waals surface area contributed by atoms with Crippen molar-refractivity contribution in [2.24, 2.45) is 0 Å². The minimum absolute atomic E-state index is 0.0535. The van der Waals surface area contributed by atoms with Crippen LogP contribution in [0.2, 0.25) is 0 Å². The highest BCUT2D eigenvalue weighted by Crippen LogP contribution is 2.21. The molecule has 17 heavy (non-hydrogen) atoms. The van der Waals surface area contributed by atoms with Crippen molar-refractivity contribution < 1.29 is 14.6 Å². The SMILES string of the molecule is CN1CCCC(N2CCOCC2CC(=O)O)C1. The van der Waals surface area contributed by atoms with Crippen LogP contribution in [0.25, 0.3) is 0 Å². The highest BCUT2D eigenvalue weighted by atomic mass is 16.5. The van der Waals surface area contributed by atoms with Gasteiger partial charge in [-0.25, -0.2) is 0 Å². The van der Waals surface area contributed by atoms with Crippen LogP contribution < -0.4 is 0 Å². The molecule has 2 rings (SSSR count). The number of hydrogen-bond donors (Lipinski definition) is 1. The highest BCUT2D eigenvalue weighted by Gasteiger charge is 2.32. The molecule has 0 aliphatic carbocycles. The summed E-state index contributed by atoms with van der Waals surface area (Å²) in [6, 6.07) is 0.555. The number of morpholine rings is 1. The summed E-state index contributed by atoms with van der Waals surface area (Å²) in [4.78, 5) is 15.6. The number of likely N-dealkylation sites (tertiary alicyclic amines) is 1. The van der Waals surface area contributed by atoms with E-state index in [-0.39, 0.29) is 12.5 Å². The number of piperidine rings is 1. The Morgan fingerprint density at radius 1 is 1.47 bits per heavy atom. The molecular weight excluding hydrogens is 220 g/mol. The largest absolute Gasteiger partial charge is 0.481 e. The fourth-order valence-electron chi connectivity index (χ4n) is 2.94. The van der Waals surface area contributed by atoms with Crippen LogP contribution in [0.4, 0.5) is 0 Å². The predicted octanol–water partition coefficient (Wildman–Crippen LogP) is 0.256. The van der Waals surface area contributed by atoms with Crippen molar-refractivity contribution in [3.63, 3.8) is 0 Å². The monoisotopic (exact) mass is 242 g/mol. The second kappa shape index (κ2) is 5.80. The summed E-state index contributed by atoms with van der Waals surface area (Å²) in [6.07, 6.45) is 2.58. The maximum absolute atomic E-state index is 10.9. The Morgan fingerprint density at radius 2 is 2.29 bits per heavy atom. The molecule has 5 nitrogen and oxygen atoms in total. The van der Waals surface area contributed by atoms with Crippen LogP contribution in [0.5, 0.6) is 0 Å². The van der Waals surface area contributed by atoms with Crippen molar-refractivity contribution in [1.82, 2.24) is 9.80 Å². The first-order chi connectivity index (χ1) is 8.16. The van der Waals surface area contributed by atoms with Crippen molar-refractivity contribution >= 4 is 5.97 Å². The Hall–Kier alpha value is -0.650. The van der Waals surface area contributed by atoms with Crippen LogP contribution in [0.1, 0.15) is 19.3 Å². The smallest absolute Gasteiger partial charge is 0.305 e. The Morgan fingerprint density at radius 3 is 3.00 bits per heavy atom. The second-order valence-electron chi connectivity index (χ2n) is 5.12. The highest BCUT2D eigenvalue weighted by molar-refractivity contribution is 5.67. The second-order valence-corrected chi connectivity index (χ2v) is 5.12. The van der Waals surface area contributed by atoms with E-state index >= 15 is 0 Å². The van der Waals surface area contributed by atoms with Gasteiger partial charge in [-0.2, -0.15) is 0 Å². The minimum Gasteiger partial charge on any atom is -0.481 e. The lowest BCUT2D eigenvalue weighted by atomic mass is 10.0. The first-order valence-electron chi connectivity index (χ1n) is 6.40. The van der Waals surface area contributed by atoms with Crippen molar-refractivity contribution in [1.29, 1.82) is 0 Å². The fraction of sp³-hybridized carbons (Fsp3) is 0.917. The summed E-state index contributed by atoms with van der Waals surface area (Å²) in [6.45, 7) is 4.37. The number of ether oxygens (including phenoxy) is 1. The lowest BCUT2D eigenvalue weighted by Crippen LogP contribution is -2.56. The van der Waals surface area contributed by atoms with Crippen molar-refractivity contribution in [3.8, 4) is 0 Å². The molecule has 1 N–H and O–H groups in total. The lowest BCUT2D eigenvalue weighted by molar-refractivity contribution is -0.141. The van der Waals surface area contributed by atoms with E-state index in [1.165, 1.54) is 12.8 Å². The number of aliphatic carboxylic acids is 1. The average Bonchev–Trinajstić information content (AvgIpc) is 2.29. The maximum Gasteiger partial charge on any atom is 0.305 e. The summed E-state index contributed by atoms with van der Waals surface area (Å²) >= 11 is 0. The van der Waals surface area contributed by atoms with Crippen molar-refractivity contribution in [2.45, 2.75) is 31.3 Å². The Kier molecular flexibility index (Phi) is 4.36. The van der Waals surface area contributed by atoms with E-state index < -0.39 is 5.97 Å². The third-order valence-electron chi connectivity index (χ3n) is 3.75. The van der Waals surface area contributed by atoms with Gasteiger partial charge >= 0.3 is 5.97 Å². The molecule has 0 radical (unpaired) electrons. The van der Waals surface area contributed by atoms with Gasteiger partial charge in [-0.05, 0) is 26.4 Å². The van der Waals surface area contributed by atoms with Gasteiger partial charge in [-0.15, -0.1) is 0 Å². The molecular formula is C12H22N2O3. The molecule has 0 aromatic heterocycles. The molecule has 0 saturated carbocycles. The summed E-state index contributed by atoms with van der Waals surface area (Å²) in [5, 5.41) is 8.94. The minimum atomic E-state index is -0.727. The van der Waals surface area contributed by atoms with Gasteiger partial charge in [0, 0.05) is 25.2 Å². The summed E-state index contributed by atoms with van der Waals surface area (Å²) in [5.74, 6) is -0.727. The standard InChI is InChI=1S/C12H22N2O3/c1-13-4-2-3-10(8-13)14-5-6-17-9-11(14)7-12(15)16/h10-11H,2-9H2,1H3,(H,15,16). The van der Waals surface area contributed by atoms with Crippen LogP contribution in [0, 0.1) is 0 Å². The third kappa shape index (κ3) is 3.40. The Labute approximate surface area is 102 Å². The molecule has 2 aliphatic heterocycles. The van der Waals surface area contributed by atoms with Gasteiger partial charge in [0.1, 0.15) is 0 Å². The molecule has 2 unspecified atom stereocenters. The van der Waals surface area contributed by atoms with E-state index in [2.05, 4.69) is 16.8 Å². The molecule has 0 amide bonds. The third-order valence-corrected chi connectivity index (χ3v) is 3.75. The number of nitrogens with zero attached hydrogens (tertiary/aromatic N) is 2. The van der Waals surface area contributed by atoms with E-state index in [1.807, 2.05) is 0 Å². The van der Waals surface area contributed by atoms with Crippen LogP contribution in [-0.4, -0.2) is 72.9 Å². The van der Waals surface area contributed by atoms with E-state index in [4.69, 9.17) is 9.84 Å². The molecule has 2 fully saturated rings. The quantitative estimate of drug-likeness (QED) is 0.769. The van der Waals surface area contributed by atoms with E-state index in [1.54, 1.807) is 0 Å². The van der Waals surface area contributed by atoms with Gasteiger partial charge in [0.15, 0.2) is 0 Å². The Bertz CT molecular complexity index is 272. The molecule has 0 spiro atoms. The van der Waals surface area contributed by atoms with Crippen LogP contribution in [0.15, 0.2) is 0 Å². The maximum atomic E-state index is 10.9. The normalized spacial score (nSPS) is 32.5. The number of carboxylic acids is 1. The molecule has 5 heteroatoms. The van der Waals surface area contributed by atoms with Gasteiger partial charge in [0.25, 0.3) is 0 Å². The van der Waals surface area contributed by atoms with Crippen LogP contribution in [-0.2, 0) is 9.53 Å². The number of carboxylic acid groups (broad SMARTS) is 1. The summed E-state index contributed by atoms with van der Waals surface area (Å²) in [7, 11) is 2.14. The Balaban J connectivity index is 1.97. The molecule has 0 bridgehead atoms. The van der Waals surface area contributed by atoms with Crippen LogP contribution >= 0.6 is 0 Å². The number of hydrogen-bond acceptors (Lipinski definition) is 4. The lowest BCUT2D eigenvalue weighted by Gasteiger charge is -2.44. The number of rotatable bonds is 3.